The molecule has 3 aromatic rings. The minimum Gasteiger partial charge on any atom is -0.317 e. The van der Waals surface area contributed by atoms with Crippen LogP contribution in [0.2, 0.25) is 0 Å². The molecule has 1 aliphatic carbocycles. The van der Waals surface area contributed by atoms with Gasteiger partial charge in [-0.1, -0.05) is 6.07 Å². The molecule has 3 aromatic heterocycles. The molecule has 160 valence electrons. The molecule has 0 radical (unpaired) electrons. The van der Waals surface area contributed by atoms with Gasteiger partial charge >= 0.3 is 0 Å². The molecule has 5 rings (SSSR count). The van der Waals surface area contributed by atoms with Crippen molar-refractivity contribution in [3.8, 4) is 0 Å². The van der Waals surface area contributed by atoms with Gasteiger partial charge in [0.05, 0.1) is 22.6 Å². The van der Waals surface area contributed by atoms with E-state index in [1.54, 1.807) is 4.90 Å². The molecule has 2 aliphatic rings. The van der Waals surface area contributed by atoms with E-state index < -0.39 is 0 Å². The summed E-state index contributed by atoms with van der Waals surface area (Å²) in [6, 6.07) is 3.71. The summed E-state index contributed by atoms with van der Waals surface area (Å²) in [5, 5.41) is 8.03. The topological polar surface area (TPSA) is 79.4 Å². The van der Waals surface area contributed by atoms with Gasteiger partial charge < -0.3 is 5.32 Å². The number of carbonyl (C=O) groups excluding carboxylic acids is 3. The van der Waals surface area contributed by atoms with Crippen LogP contribution in [0.25, 0.3) is 0 Å². The van der Waals surface area contributed by atoms with Crippen molar-refractivity contribution in [3.63, 3.8) is 0 Å². The summed E-state index contributed by atoms with van der Waals surface area (Å²) in [6.07, 6.45) is 5.54. The summed E-state index contributed by atoms with van der Waals surface area (Å²) in [7, 11) is 0. The number of aromatic nitrogens is 1. The van der Waals surface area contributed by atoms with Crippen LogP contribution in [0, 0.1) is 0 Å². The first kappa shape index (κ1) is 20.5. The average Bonchev–Trinajstić information content (AvgIpc) is 3.54. The van der Waals surface area contributed by atoms with E-state index in [9.17, 15) is 14.4 Å². The molecule has 0 atom stereocenters. The molecule has 6 nitrogen and oxygen atoms in total. The zero-order chi connectivity index (χ0) is 21.4. The molecule has 1 saturated heterocycles. The van der Waals surface area contributed by atoms with Gasteiger partial charge in [0.25, 0.3) is 0 Å². The van der Waals surface area contributed by atoms with Gasteiger partial charge in [-0.15, -0.1) is 34.0 Å². The molecule has 4 heterocycles. The monoisotopic (exact) mass is 471 g/mol. The Kier molecular flexibility index (Phi) is 5.73. The summed E-state index contributed by atoms with van der Waals surface area (Å²) in [5.74, 6) is -0.108. The molecule has 1 aliphatic heterocycles. The van der Waals surface area contributed by atoms with Crippen molar-refractivity contribution in [1.82, 2.24) is 4.98 Å². The lowest BCUT2D eigenvalue weighted by Crippen LogP contribution is -2.23. The largest absolute Gasteiger partial charge is 0.317 e. The lowest BCUT2D eigenvalue weighted by molar-refractivity contribution is -0.117. The van der Waals surface area contributed by atoms with E-state index in [0.717, 1.165) is 37.7 Å². The predicted octanol–water partition coefficient (Wildman–Crippen LogP) is 4.68. The summed E-state index contributed by atoms with van der Waals surface area (Å²) < 4.78 is 0. The van der Waals surface area contributed by atoms with Gasteiger partial charge in [0.15, 0.2) is 5.13 Å². The first-order valence-electron chi connectivity index (χ1n) is 10.4. The van der Waals surface area contributed by atoms with E-state index in [0.29, 0.717) is 39.2 Å². The molecular formula is C22H21N3O3S3. The Bertz CT molecular complexity index is 1150. The summed E-state index contributed by atoms with van der Waals surface area (Å²) in [6.45, 7) is 0.687. The third kappa shape index (κ3) is 4.09. The van der Waals surface area contributed by atoms with Crippen molar-refractivity contribution in [2.45, 2.75) is 44.9 Å². The molecule has 2 amide bonds. The fourth-order valence-electron chi connectivity index (χ4n) is 4.11. The normalized spacial score (nSPS) is 15.9. The Labute approximate surface area is 191 Å². The number of fused-ring (bicyclic) bond motifs is 1. The molecule has 0 saturated carbocycles. The quantitative estimate of drug-likeness (QED) is 0.529. The van der Waals surface area contributed by atoms with Crippen molar-refractivity contribution in [1.29, 1.82) is 0 Å². The highest BCUT2D eigenvalue weighted by Crippen LogP contribution is 2.40. The first-order chi connectivity index (χ1) is 15.1. The molecule has 1 N–H and O–H groups in total. The Balaban J connectivity index is 1.35. The number of nitrogens with zero attached hydrogens (tertiary/aromatic N) is 2. The van der Waals surface area contributed by atoms with E-state index in [1.807, 2.05) is 22.9 Å². The van der Waals surface area contributed by atoms with Gasteiger partial charge in [0.1, 0.15) is 5.00 Å². The molecule has 0 bridgehead atoms. The lowest BCUT2D eigenvalue weighted by Gasteiger charge is -2.12. The molecule has 0 unspecified atom stereocenters. The van der Waals surface area contributed by atoms with E-state index in [1.165, 1.54) is 38.9 Å². The van der Waals surface area contributed by atoms with Crippen LogP contribution in [-0.2, 0) is 28.9 Å². The highest BCUT2D eigenvalue weighted by molar-refractivity contribution is 7.17. The van der Waals surface area contributed by atoms with Crippen molar-refractivity contribution < 1.29 is 14.4 Å². The van der Waals surface area contributed by atoms with E-state index in [4.69, 9.17) is 0 Å². The number of nitrogens with one attached hydrogen (secondary N) is 1. The molecular weight excluding hydrogens is 450 g/mol. The molecule has 1 fully saturated rings. The highest BCUT2D eigenvalue weighted by Gasteiger charge is 2.28. The Morgan fingerprint density at radius 1 is 1.13 bits per heavy atom. The minimum atomic E-state index is -0.191. The van der Waals surface area contributed by atoms with E-state index >= 15 is 0 Å². The number of thiazole rings is 1. The summed E-state index contributed by atoms with van der Waals surface area (Å²) >= 11 is 4.35. The van der Waals surface area contributed by atoms with Crippen molar-refractivity contribution in [2.24, 2.45) is 0 Å². The van der Waals surface area contributed by atoms with Gasteiger partial charge in [-0.2, -0.15) is 0 Å². The second-order valence-corrected chi connectivity index (χ2v) is 10.6. The van der Waals surface area contributed by atoms with Crippen molar-refractivity contribution in [3.05, 3.63) is 49.5 Å². The van der Waals surface area contributed by atoms with Gasteiger partial charge in [-0.25, -0.2) is 4.98 Å². The van der Waals surface area contributed by atoms with Crippen molar-refractivity contribution in [2.75, 3.05) is 16.8 Å². The number of thiophene rings is 2. The van der Waals surface area contributed by atoms with Crippen LogP contribution < -0.4 is 10.2 Å². The van der Waals surface area contributed by atoms with Crippen LogP contribution in [0.1, 0.15) is 57.1 Å². The maximum absolute atomic E-state index is 13.2. The number of amides is 2. The lowest BCUT2D eigenvalue weighted by atomic mass is 9.93. The van der Waals surface area contributed by atoms with Crippen molar-refractivity contribution >= 4 is 61.7 Å². The first-order valence-corrected chi connectivity index (χ1v) is 12.9. The molecule has 9 heteroatoms. The number of hydrogen-bond donors (Lipinski definition) is 1. The summed E-state index contributed by atoms with van der Waals surface area (Å²) in [4.78, 5) is 46.0. The van der Waals surface area contributed by atoms with Crippen LogP contribution >= 0.6 is 34.0 Å². The smallest absolute Gasteiger partial charge is 0.231 e. The van der Waals surface area contributed by atoms with Gasteiger partial charge in [0.2, 0.25) is 17.6 Å². The van der Waals surface area contributed by atoms with Gasteiger partial charge in [-0.3, -0.25) is 19.3 Å². The Hall–Kier alpha value is -2.36. The Morgan fingerprint density at radius 2 is 2.00 bits per heavy atom. The molecule has 31 heavy (non-hydrogen) atoms. The number of aryl methyl sites for hydroxylation is 1. The zero-order valence-electron chi connectivity index (χ0n) is 16.8. The highest BCUT2D eigenvalue weighted by atomic mass is 32.1. The second kappa shape index (κ2) is 8.64. The number of ketones is 1. The minimum absolute atomic E-state index is 0.00631. The number of rotatable bonds is 6. The van der Waals surface area contributed by atoms with Crippen LogP contribution in [-0.4, -0.2) is 29.1 Å². The van der Waals surface area contributed by atoms with Crippen LogP contribution in [0.4, 0.5) is 10.1 Å². The van der Waals surface area contributed by atoms with Crippen LogP contribution in [0.5, 0.6) is 0 Å². The number of anilines is 2. The second-order valence-electron chi connectivity index (χ2n) is 7.72. The predicted molar refractivity (Wildman–Crippen MR) is 125 cm³/mol. The third-order valence-corrected chi connectivity index (χ3v) is 8.57. The van der Waals surface area contributed by atoms with Gasteiger partial charge in [-0.05, 0) is 49.1 Å². The molecule has 0 spiro atoms. The van der Waals surface area contributed by atoms with Crippen LogP contribution in [0.3, 0.4) is 0 Å². The van der Waals surface area contributed by atoms with E-state index in [2.05, 4.69) is 10.3 Å². The standard InChI is InChI=1S/C22H21N3O3S3/c26-17(11-13-12-30-22(23-13)25-9-3-8-18(25)27)24-21-19(20(28)16-7-4-10-29-16)14-5-1-2-6-15(14)31-21/h4,7,10,12H,1-3,5-6,8-9,11H2,(H,24,26). The van der Waals surface area contributed by atoms with Crippen LogP contribution in [0.15, 0.2) is 22.9 Å². The van der Waals surface area contributed by atoms with Gasteiger partial charge in [0, 0.05) is 23.2 Å². The average molecular weight is 472 g/mol. The fraction of sp³-hybridized carbons (Fsp3) is 0.364. The SMILES string of the molecule is O=C(Cc1csc(N2CCCC2=O)n1)Nc1sc2c(c1C(=O)c1cccs1)CCCC2. The number of carbonyl (C=O) groups is 3. The number of hydrogen-bond acceptors (Lipinski definition) is 7. The zero-order valence-corrected chi connectivity index (χ0v) is 19.3. The third-order valence-electron chi connectivity index (χ3n) is 5.58. The maximum Gasteiger partial charge on any atom is 0.231 e. The summed E-state index contributed by atoms with van der Waals surface area (Å²) in [5.41, 5.74) is 2.41. The Morgan fingerprint density at radius 3 is 2.77 bits per heavy atom. The van der Waals surface area contributed by atoms with E-state index in [-0.39, 0.29) is 24.0 Å². The fourth-order valence-corrected chi connectivity index (χ4v) is 6.95. The maximum atomic E-state index is 13.2. The molecule has 0 aromatic carbocycles.